The van der Waals surface area contributed by atoms with E-state index in [4.69, 9.17) is 0 Å². The molecule has 0 N–H and O–H groups in total. The fourth-order valence-electron chi connectivity index (χ4n) is 1.46. The summed E-state index contributed by atoms with van der Waals surface area (Å²) in [5.41, 5.74) is -0.883. The molecule has 1 saturated heterocycles. The second-order valence-corrected chi connectivity index (χ2v) is 3.57. The summed E-state index contributed by atoms with van der Waals surface area (Å²) < 4.78 is 37.0. The molecule has 82 valence electrons. The Hall–Kier alpha value is -1.33. The molecule has 1 aromatic heterocycles. The van der Waals surface area contributed by atoms with Crippen LogP contribution in [0.1, 0.15) is 19.0 Å². The minimum absolute atomic E-state index is 0.170. The van der Waals surface area contributed by atoms with E-state index in [1.54, 1.807) is 4.90 Å². The Morgan fingerprint density at radius 3 is 2.67 bits per heavy atom. The molecule has 1 aliphatic rings. The number of hydrogen-bond acceptors (Lipinski definition) is 3. The van der Waals surface area contributed by atoms with Gasteiger partial charge >= 0.3 is 6.18 Å². The van der Waals surface area contributed by atoms with Gasteiger partial charge in [-0.1, -0.05) is 0 Å². The van der Waals surface area contributed by atoms with Crippen molar-refractivity contribution in [3.05, 3.63) is 18.0 Å². The van der Waals surface area contributed by atoms with Gasteiger partial charge in [0, 0.05) is 18.8 Å². The van der Waals surface area contributed by atoms with Gasteiger partial charge in [-0.2, -0.15) is 13.2 Å². The van der Waals surface area contributed by atoms with Crippen molar-refractivity contribution < 1.29 is 13.2 Å². The molecule has 0 radical (unpaired) electrons. The lowest BCUT2D eigenvalue weighted by Gasteiger charge is -2.38. The van der Waals surface area contributed by atoms with Gasteiger partial charge in [0.1, 0.15) is 5.69 Å². The van der Waals surface area contributed by atoms with Crippen LogP contribution in [0.5, 0.6) is 0 Å². The van der Waals surface area contributed by atoms with Crippen molar-refractivity contribution in [2.24, 2.45) is 0 Å². The van der Waals surface area contributed by atoms with Crippen LogP contribution in [0.2, 0.25) is 0 Å². The summed E-state index contributed by atoms with van der Waals surface area (Å²) in [6.07, 6.45) is -2.28. The first-order valence-corrected chi connectivity index (χ1v) is 4.65. The summed E-state index contributed by atoms with van der Waals surface area (Å²) in [6.45, 7) is 2.66. The van der Waals surface area contributed by atoms with Gasteiger partial charge in [-0.05, 0) is 19.4 Å². The predicted molar refractivity (Wildman–Crippen MR) is 48.5 cm³/mol. The van der Waals surface area contributed by atoms with Crippen molar-refractivity contribution in [1.82, 2.24) is 9.97 Å². The molecular formula is C9H10F3N3. The average molecular weight is 217 g/mol. The first kappa shape index (κ1) is 10.2. The van der Waals surface area contributed by atoms with Crippen LogP contribution in [0.4, 0.5) is 19.1 Å². The van der Waals surface area contributed by atoms with Crippen LogP contribution in [0.25, 0.3) is 0 Å². The van der Waals surface area contributed by atoms with Gasteiger partial charge in [0.2, 0.25) is 5.95 Å². The topological polar surface area (TPSA) is 29.0 Å². The van der Waals surface area contributed by atoms with Crippen molar-refractivity contribution in [3.8, 4) is 0 Å². The van der Waals surface area contributed by atoms with Gasteiger partial charge in [-0.3, -0.25) is 0 Å². The lowest BCUT2D eigenvalue weighted by Crippen LogP contribution is -2.46. The average Bonchev–Trinajstić information content (AvgIpc) is 2.15. The van der Waals surface area contributed by atoms with Gasteiger partial charge in [0.25, 0.3) is 0 Å². The molecule has 1 fully saturated rings. The minimum atomic E-state index is -4.40. The SMILES string of the molecule is CC1CCN1c1nccc(C(F)(F)F)n1. The largest absolute Gasteiger partial charge is 0.433 e. The predicted octanol–water partition coefficient (Wildman–Crippen LogP) is 2.09. The third-order valence-corrected chi connectivity index (χ3v) is 2.51. The smallest absolute Gasteiger partial charge is 0.338 e. The van der Waals surface area contributed by atoms with Crippen LogP contribution in [0.3, 0.4) is 0 Å². The van der Waals surface area contributed by atoms with Gasteiger partial charge in [0.05, 0.1) is 0 Å². The second-order valence-electron chi connectivity index (χ2n) is 3.57. The fraction of sp³-hybridized carbons (Fsp3) is 0.556. The molecule has 2 rings (SSSR count). The van der Waals surface area contributed by atoms with Gasteiger partial charge in [0.15, 0.2) is 0 Å². The highest BCUT2D eigenvalue weighted by Crippen LogP contribution is 2.29. The Bertz CT molecular complexity index is 364. The van der Waals surface area contributed by atoms with Crippen molar-refractivity contribution in [2.75, 3.05) is 11.4 Å². The highest BCUT2D eigenvalue weighted by atomic mass is 19.4. The van der Waals surface area contributed by atoms with Crippen LogP contribution in [0.15, 0.2) is 12.3 Å². The van der Waals surface area contributed by atoms with Crippen molar-refractivity contribution in [2.45, 2.75) is 25.6 Å². The van der Waals surface area contributed by atoms with Gasteiger partial charge < -0.3 is 4.90 Å². The zero-order chi connectivity index (χ0) is 11.1. The number of halogens is 3. The normalized spacial score (nSPS) is 21.3. The first-order chi connectivity index (χ1) is 6.98. The summed E-state index contributed by atoms with van der Waals surface area (Å²) in [7, 11) is 0. The van der Waals surface area contributed by atoms with E-state index in [9.17, 15) is 13.2 Å². The lowest BCUT2D eigenvalue weighted by molar-refractivity contribution is -0.141. The quantitative estimate of drug-likeness (QED) is 0.721. The van der Waals surface area contributed by atoms with E-state index >= 15 is 0 Å². The molecule has 15 heavy (non-hydrogen) atoms. The highest BCUT2D eigenvalue weighted by molar-refractivity contribution is 5.35. The van der Waals surface area contributed by atoms with E-state index in [0.29, 0.717) is 0 Å². The zero-order valence-electron chi connectivity index (χ0n) is 8.12. The summed E-state index contributed by atoms with van der Waals surface area (Å²) in [5, 5.41) is 0. The molecule has 6 heteroatoms. The molecule has 1 aromatic rings. The number of rotatable bonds is 1. The molecule has 0 spiro atoms. The van der Waals surface area contributed by atoms with Crippen LogP contribution >= 0.6 is 0 Å². The number of alkyl halides is 3. The van der Waals surface area contributed by atoms with Crippen LogP contribution in [0, 0.1) is 0 Å². The molecule has 1 unspecified atom stereocenters. The minimum Gasteiger partial charge on any atom is -0.338 e. The highest BCUT2D eigenvalue weighted by Gasteiger charge is 2.34. The maximum Gasteiger partial charge on any atom is 0.433 e. The van der Waals surface area contributed by atoms with Gasteiger partial charge in [-0.25, -0.2) is 9.97 Å². The lowest BCUT2D eigenvalue weighted by atomic mass is 10.1. The monoisotopic (exact) mass is 217 g/mol. The maximum absolute atomic E-state index is 12.3. The van der Waals surface area contributed by atoms with Gasteiger partial charge in [-0.15, -0.1) is 0 Å². The van der Waals surface area contributed by atoms with Crippen LogP contribution in [-0.2, 0) is 6.18 Å². The summed E-state index contributed by atoms with van der Waals surface area (Å²) in [6, 6.07) is 1.11. The van der Waals surface area contributed by atoms with E-state index < -0.39 is 11.9 Å². The summed E-state index contributed by atoms with van der Waals surface area (Å²) in [4.78, 5) is 9.11. The second kappa shape index (κ2) is 3.36. The van der Waals surface area contributed by atoms with Crippen molar-refractivity contribution in [3.63, 3.8) is 0 Å². The van der Waals surface area contributed by atoms with Crippen molar-refractivity contribution >= 4 is 5.95 Å². The third-order valence-electron chi connectivity index (χ3n) is 2.51. The molecule has 0 amide bonds. The molecule has 0 aromatic carbocycles. The molecular weight excluding hydrogens is 207 g/mol. The number of anilines is 1. The Balaban J connectivity index is 2.27. The molecule has 1 atom stereocenters. The summed E-state index contributed by atoms with van der Waals surface area (Å²) in [5.74, 6) is 0.170. The standard InChI is InChI=1S/C9H10F3N3/c1-6-3-5-15(6)8-13-4-2-7(14-8)9(10,11)12/h2,4,6H,3,5H2,1H3. The number of hydrogen-bond donors (Lipinski definition) is 0. The Kier molecular flexibility index (Phi) is 2.28. The summed E-state index contributed by atoms with van der Waals surface area (Å²) >= 11 is 0. The van der Waals surface area contributed by atoms with Crippen LogP contribution < -0.4 is 4.90 Å². The van der Waals surface area contributed by atoms with Crippen LogP contribution in [-0.4, -0.2) is 22.6 Å². The van der Waals surface area contributed by atoms with Crippen molar-refractivity contribution in [1.29, 1.82) is 0 Å². The molecule has 0 saturated carbocycles. The van der Waals surface area contributed by atoms with E-state index in [0.717, 1.165) is 25.2 Å². The molecule has 1 aliphatic heterocycles. The fourth-order valence-corrected chi connectivity index (χ4v) is 1.46. The Morgan fingerprint density at radius 2 is 2.20 bits per heavy atom. The number of aromatic nitrogens is 2. The maximum atomic E-state index is 12.3. The van der Waals surface area contributed by atoms with E-state index in [2.05, 4.69) is 9.97 Å². The Morgan fingerprint density at radius 1 is 1.47 bits per heavy atom. The Labute approximate surface area is 84.9 Å². The molecule has 3 nitrogen and oxygen atoms in total. The molecule has 0 bridgehead atoms. The third kappa shape index (κ3) is 1.88. The zero-order valence-corrected chi connectivity index (χ0v) is 8.12. The first-order valence-electron chi connectivity index (χ1n) is 4.65. The molecule has 2 heterocycles. The molecule has 0 aliphatic carbocycles. The number of nitrogens with zero attached hydrogens (tertiary/aromatic N) is 3. The van der Waals surface area contributed by atoms with E-state index in [1.807, 2.05) is 6.92 Å². The van der Waals surface area contributed by atoms with E-state index in [1.165, 1.54) is 0 Å². The van der Waals surface area contributed by atoms with E-state index in [-0.39, 0.29) is 12.0 Å².